The van der Waals surface area contributed by atoms with Crippen LogP contribution in [0.15, 0.2) is 186 Å². The van der Waals surface area contributed by atoms with E-state index in [-0.39, 0.29) is 11.3 Å². The largest absolute Gasteiger partial charge is 0.345 e. The van der Waals surface area contributed by atoms with Gasteiger partial charge in [0.05, 0.1) is 0 Å². The highest BCUT2D eigenvalue weighted by atomic mass is 15.2. The molecule has 1 spiro atoms. The van der Waals surface area contributed by atoms with Gasteiger partial charge in [-0.15, -0.1) is 0 Å². The summed E-state index contributed by atoms with van der Waals surface area (Å²) in [6, 6.07) is 36.6. The van der Waals surface area contributed by atoms with E-state index < -0.39 is 5.66 Å². The minimum atomic E-state index is -0.729. The minimum absolute atomic E-state index is 0.0294. The van der Waals surface area contributed by atoms with Crippen LogP contribution in [0.25, 0.3) is 33.7 Å². The van der Waals surface area contributed by atoms with Gasteiger partial charge >= 0.3 is 0 Å². The van der Waals surface area contributed by atoms with Crippen molar-refractivity contribution in [1.82, 2.24) is 20.3 Å². The van der Waals surface area contributed by atoms with Crippen molar-refractivity contribution in [2.24, 2.45) is 21.8 Å². The first kappa shape index (κ1) is 37.2. The maximum atomic E-state index is 5.42. The molecule has 0 saturated heterocycles. The van der Waals surface area contributed by atoms with E-state index in [1.54, 1.807) is 0 Å². The molecule has 5 atom stereocenters. The Bertz CT molecular complexity index is 2820. The summed E-state index contributed by atoms with van der Waals surface area (Å²) < 4.78 is 0. The predicted molar refractivity (Wildman–Crippen MR) is 249 cm³/mol. The SMILES string of the molecule is CC1(C2C=CC=C(c3nc(C4=CCCC=C4)nc(-c4ccccc4)n3)C2)N=C(c2ccccc2)N=C(c2cccc(-c3ccc4c(c3)C3C=CC=CC3C43CC=CCC3)c2)N1. The molecule has 2 heterocycles. The lowest BCUT2D eigenvalue weighted by atomic mass is 9.65. The molecule has 61 heavy (non-hydrogen) atoms. The number of hydrogen-bond donors (Lipinski definition) is 1. The van der Waals surface area contributed by atoms with Crippen molar-refractivity contribution >= 4 is 22.8 Å². The number of hydrogen-bond acceptors (Lipinski definition) is 6. The average Bonchev–Trinajstić information content (AvgIpc) is 3.60. The van der Waals surface area contributed by atoms with Gasteiger partial charge in [0.15, 0.2) is 23.3 Å². The van der Waals surface area contributed by atoms with E-state index in [1.165, 1.54) is 28.7 Å². The summed E-state index contributed by atoms with van der Waals surface area (Å²) in [5.74, 6) is 4.47. The molecule has 1 aromatic heterocycles. The third-order valence-corrected chi connectivity index (χ3v) is 13.6. The van der Waals surface area contributed by atoms with Crippen LogP contribution in [-0.4, -0.2) is 32.3 Å². The van der Waals surface area contributed by atoms with Gasteiger partial charge in [0.2, 0.25) is 0 Å². The van der Waals surface area contributed by atoms with Gasteiger partial charge in [-0.25, -0.2) is 24.9 Å². The summed E-state index contributed by atoms with van der Waals surface area (Å²) in [6.45, 7) is 2.19. The Kier molecular flexibility index (Phi) is 9.37. The van der Waals surface area contributed by atoms with Crippen LogP contribution in [0.1, 0.15) is 85.3 Å². The summed E-state index contributed by atoms with van der Waals surface area (Å²) in [6.07, 6.45) is 33.4. The van der Waals surface area contributed by atoms with Gasteiger partial charge in [-0.3, -0.25) is 0 Å². The highest BCUT2D eigenvalue weighted by Crippen LogP contribution is 2.58. The Labute approximate surface area is 358 Å². The van der Waals surface area contributed by atoms with Crippen molar-refractivity contribution in [3.63, 3.8) is 0 Å². The topological polar surface area (TPSA) is 75.4 Å². The Hall–Kier alpha value is -6.79. The van der Waals surface area contributed by atoms with Crippen LogP contribution in [0.4, 0.5) is 0 Å². The molecule has 298 valence electrons. The fourth-order valence-corrected chi connectivity index (χ4v) is 10.4. The predicted octanol–water partition coefficient (Wildman–Crippen LogP) is 11.9. The monoisotopic (exact) mass is 792 g/mol. The molecule has 0 radical (unpaired) electrons. The average molecular weight is 793 g/mol. The summed E-state index contributed by atoms with van der Waals surface area (Å²) in [4.78, 5) is 25.8. The van der Waals surface area contributed by atoms with Crippen LogP contribution in [0.2, 0.25) is 0 Å². The third kappa shape index (κ3) is 6.80. The van der Waals surface area contributed by atoms with E-state index in [0.29, 0.717) is 41.6 Å². The molecule has 5 unspecified atom stereocenters. The molecule has 0 saturated carbocycles. The third-order valence-electron chi connectivity index (χ3n) is 13.6. The molecule has 11 rings (SSSR count). The number of amidine groups is 2. The van der Waals surface area contributed by atoms with Gasteiger partial charge < -0.3 is 5.32 Å². The number of nitrogens with one attached hydrogen (secondary N) is 1. The molecule has 6 aliphatic rings. The van der Waals surface area contributed by atoms with Crippen LogP contribution in [-0.2, 0) is 5.41 Å². The summed E-state index contributed by atoms with van der Waals surface area (Å²) in [7, 11) is 0. The van der Waals surface area contributed by atoms with Gasteiger partial charge in [-0.1, -0.05) is 170 Å². The van der Waals surface area contributed by atoms with Crippen LogP contribution >= 0.6 is 0 Å². The molecule has 1 aliphatic heterocycles. The number of rotatable bonds is 7. The van der Waals surface area contributed by atoms with Crippen molar-refractivity contribution in [1.29, 1.82) is 0 Å². The molecule has 5 aliphatic carbocycles. The van der Waals surface area contributed by atoms with Crippen molar-refractivity contribution in [2.45, 2.75) is 62.4 Å². The van der Waals surface area contributed by atoms with Crippen LogP contribution in [0.3, 0.4) is 0 Å². The van der Waals surface area contributed by atoms with E-state index in [2.05, 4.69) is 164 Å². The van der Waals surface area contributed by atoms with Gasteiger partial charge in [0.25, 0.3) is 0 Å². The van der Waals surface area contributed by atoms with Crippen molar-refractivity contribution in [3.05, 3.63) is 210 Å². The molecular formula is C55H48N6. The number of aromatic nitrogens is 3. The van der Waals surface area contributed by atoms with E-state index in [4.69, 9.17) is 24.9 Å². The lowest BCUT2D eigenvalue weighted by Gasteiger charge is -2.39. The normalized spacial score (nSPS) is 25.9. The summed E-state index contributed by atoms with van der Waals surface area (Å²) in [5, 5.41) is 3.87. The fourth-order valence-electron chi connectivity index (χ4n) is 10.4. The first-order valence-corrected chi connectivity index (χ1v) is 21.9. The fraction of sp³-hybridized carbons (Fsp3) is 0.218. The molecule has 6 heteroatoms. The lowest BCUT2D eigenvalue weighted by Crippen LogP contribution is -2.53. The summed E-state index contributed by atoms with van der Waals surface area (Å²) in [5.41, 5.74) is 9.93. The van der Waals surface area contributed by atoms with Crippen LogP contribution in [0.5, 0.6) is 0 Å². The van der Waals surface area contributed by atoms with Gasteiger partial charge in [-0.05, 0) is 85.3 Å². The van der Waals surface area contributed by atoms with Gasteiger partial charge in [-0.2, -0.15) is 0 Å². The number of aliphatic imine (C=N–C) groups is 2. The Balaban J connectivity index is 0.933. The lowest BCUT2D eigenvalue weighted by molar-refractivity contribution is 0.300. The molecule has 5 aromatic rings. The molecule has 0 bridgehead atoms. The maximum Gasteiger partial charge on any atom is 0.164 e. The van der Waals surface area contributed by atoms with E-state index in [9.17, 15) is 0 Å². The van der Waals surface area contributed by atoms with Crippen LogP contribution < -0.4 is 5.32 Å². The zero-order valence-electron chi connectivity index (χ0n) is 34.5. The van der Waals surface area contributed by atoms with Crippen molar-refractivity contribution in [2.75, 3.05) is 0 Å². The van der Waals surface area contributed by atoms with Gasteiger partial charge in [0, 0.05) is 39.5 Å². The first-order valence-electron chi connectivity index (χ1n) is 21.9. The number of benzene rings is 4. The van der Waals surface area contributed by atoms with E-state index in [1.807, 2.05) is 24.3 Å². The van der Waals surface area contributed by atoms with Crippen molar-refractivity contribution < 1.29 is 0 Å². The van der Waals surface area contributed by atoms with Gasteiger partial charge in [0.1, 0.15) is 11.5 Å². The Morgan fingerprint density at radius 3 is 2.23 bits per heavy atom. The Morgan fingerprint density at radius 2 is 1.41 bits per heavy atom. The van der Waals surface area contributed by atoms with Crippen molar-refractivity contribution in [3.8, 4) is 22.5 Å². The number of fused-ring (bicyclic) bond motifs is 5. The van der Waals surface area contributed by atoms with E-state index in [0.717, 1.165) is 59.4 Å². The van der Waals surface area contributed by atoms with Crippen LogP contribution in [0, 0.1) is 11.8 Å². The maximum absolute atomic E-state index is 5.42. The highest BCUT2D eigenvalue weighted by molar-refractivity contribution is 6.13. The first-order chi connectivity index (χ1) is 30.0. The second-order valence-corrected chi connectivity index (χ2v) is 17.3. The molecule has 4 aromatic carbocycles. The molecule has 0 amide bonds. The van der Waals surface area contributed by atoms with E-state index >= 15 is 0 Å². The zero-order valence-corrected chi connectivity index (χ0v) is 34.5. The quantitative estimate of drug-likeness (QED) is 0.167. The molecular weight excluding hydrogens is 745 g/mol. The molecule has 6 nitrogen and oxygen atoms in total. The highest BCUT2D eigenvalue weighted by Gasteiger charge is 2.50. The molecule has 1 N–H and O–H groups in total. The second-order valence-electron chi connectivity index (χ2n) is 17.3. The second kappa shape index (κ2) is 15.3. The number of nitrogens with zero attached hydrogens (tertiary/aromatic N) is 5. The Morgan fingerprint density at radius 1 is 0.639 bits per heavy atom. The zero-order chi connectivity index (χ0) is 40.8. The smallest absolute Gasteiger partial charge is 0.164 e. The summed E-state index contributed by atoms with van der Waals surface area (Å²) >= 11 is 0. The number of allylic oxidation sites excluding steroid dienone is 13. The molecule has 0 fully saturated rings. The standard InChI is InChI=1S/C55H48N6/c1-54(44-27-17-26-43(35-44)51-57-49(37-18-6-2-7-19-37)56-50(58-51)38-20-8-3-9-21-38)60-52(39-22-10-4-11-23-39)59-53(61-54)42-25-16-24-40(34-42)41-30-31-48-46(36-41)45-28-12-13-29-47(45)55(48)32-14-5-15-33-55/h2,4-8,10-14,16-31,34,36,44-45,47H,3,9,15,32-33,35H2,1H3,(H,59,60,61). The minimum Gasteiger partial charge on any atom is -0.345 e.